The third kappa shape index (κ3) is 5.47. The van der Waals surface area contributed by atoms with Gasteiger partial charge in [0.15, 0.2) is 0 Å². The number of nitrogens with one attached hydrogen (secondary N) is 1. The second-order valence-corrected chi connectivity index (χ2v) is 6.53. The van der Waals surface area contributed by atoms with Crippen LogP contribution in [0.25, 0.3) is 0 Å². The maximum Gasteiger partial charge on any atom is 0.317 e. The fourth-order valence-corrected chi connectivity index (χ4v) is 3.47. The van der Waals surface area contributed by atoms with Gasteiger partial charge in [0, 0.05) is 13.1 Å². The highest BCUT2D eigenvalue weighted by Gasteiger charge is 2.28. The average Bonchev–Trinajstić information content (AvgIpc) is 2.48. The lowest BCUT2D eigenvalue weighted by molar-refractivity contribution is -0.00434. The van der Waals surface area contributed by atoms with Gasteiger partial charge < -0.3 is 20.1 Å². The number of amides is 2. The Morgan fingerprint density at radius 3 is 2.86 bits per heavy atom. The molecule has 0 bridgehead atoms. The molecule has 1 saturated carbocycles. The molecule has 2 amide bonds. The highest BCUT2D eigenvalue weighted by Crippen LogP contribution is 2.25. The van der Waals surface area contributed by atoms with Crippen LogP contribution in [-0.4, -0.2) is 54.5 Å². The number of morpholine rings is 1. The van der Waals surface area contributed by atoms with Crippen LogP contribution in [0.4, 0.5) is 4.79 Å². The van der Waals surface area contributed by atoms with Gasteiger partial charge in [-0.2, -0.15) is 0 Å². The number of aliphatic hydroxyl groups is 1. The number of ether oxygens (including phenoxy) is 1. The summed E-state index contributed by atoms with van der Waals surface area (Å²) in [5.41, 5.74) is 0. The molecule has 1 saturated heterocycles. The van der Waals surface area contributed by atoms with Gasteiger partial charge in [-0.05, 0) is 25.7 Å². The zero-order valence-electron chi connectivity index (χ0n) is 13.2. The van der Waals surface area contributed by atoms with E-state index in [0.717, 1.165) is 18.9 Å². The summed E-state index contributed by atoms with van der Waals surface area (Å²) in [6.07, 6.45) is 7.96. The van der Waals surface area contributed by atoms with E-state index in [9.17, 15) is 9.90 Å². The molecule has 1 heterocycles. The smallest absolute Gasteiger partial charge is 0.317 e. The topological polar surface area (TPSA) is 61.8 Å². The molecule has 2 rings (SSSR count). The Balaban J connectivity index is 1.72. The lowest BCUT2D eigenvalue weighted by Gasteiger charge is -2.36. The second kappa shape index (κ2) is 8.59. The molecule has 2 atom stereocenters. The number of nitrogens with zero attached hydrogens (tertiary/aromatic N) is 1. The third-order valence-corrected chi connectivity index (χ3v) is 4.66. The van der Waals surface area contributed by atoms with Crippen LogP contribution in [0, 0.1) is 5.92 Å². The maximum absolute atomic E-state index is 12.3. The molecule has 2 unspecified atom stereocenters. The van der Waals surface area contributed by atoms with Crippen molar-refractivity contribution in [1.29, 1.82) is 0 Å². The summed E-state index contributed by atoms with van der Waals surface area (Å²) < 4.78 is 5.43. The summed E-state index contributed by atoms with van der Waals surface area (Å²) in [5, 5.41) is 12.6. The van der Waals surface area contributed by atoms with Crippen LogP contribution in [0.2, 0.25) is 0 Å². The van der Waals surface area contributed by atoms with Crippen LogP contribution in [0.3, 0.4) is 0 Å². The molecule has 0 spiro atoms. The summed E-state index contributed by atoms with van der Waals surface area (Å²) in [6.45, 7) is 4.26. The van der Waals surface area contributed by atoms with E-state index in [-0.39, 0.29) is 12.1 Å². The molecule has 1 aliphatic carbocycles. The van der Waals surface area contributed by atoms with E-state index in [1.165, 1.54) is 32.1 Å². The molecule has 5 nitrogen and oxygen atoms in total. The van der Waals surface area contributed by atoms with Crippen molar-refractivity contribution in [3.8, 4) is 0 Å². The van der Waals surface area contributed by atoms with Crippen molar-refractivity contribution in [2.75, 3.05) is 26.3 Å². The fourth-order valence-electron chi connectivity index (χ4n) is 3.47. The van der Waals surface area contributed by atoms with E-state index in [2.05, 4.69) is 5.32 Å². The van der Waals surface area contributed by atoms with E-state index < -0.39 is 6.10 Å². The van der Waals surface area contributed by atoms with E-state index in [1.807, 2.05) is 4.90 Å². The molecule has 0 aromatic rings. The van der Waals surface area contributed by atoms with Gasteiger partial charge in [0.1, 0.15) is 0 Å². The molecule has 2 aliphatic rings. The summed E-state index contributed by atoms with van der Waals surface area (Å²) in [5.74, 6) is 0.789. The van der Waals surface area contributed by atoms with Crippen molar-refractivity contribution in [2.24, 2.45) is 5.92 Å². The average molecular weight is 298 g/mol. The first-order chi connectivity index (χ1) is 10.2. The Morgan fingerprint density at radius 2 is 2.14 bits per heavy atom. The van der Waals surface area contributed by atoms with Crippen molar-refractivity contribution < 1.29 is 14.6 Å². The summed E-state index contributed by atoms with van der Waals surface area (Å²) in [6, 6.07) is -0.00631. The highest BCUT2D eigenvalue weighted by atomic mass is 16.5. The first-order valence-electron chi connectivity index (χ1n) is 8.47. The highest BCUT2D eigenvalue weighted by molar-refractivity contribution is 5.74. The van der Waals surface area contributed by atoms with Crippen LogP contribution < -0.4 is 5.32 Å². The number of rotatable bonds is 5. The van der Waals surface area contributed by atoms with Gasteiger partial charge in [0.2, 0.25) is 0 Å². The Bertz CT molecular complexity index is 317. The minimum absolute atomic E-state index is 0.000223. The molecule has 2 N–H and O–H groups in total. The van der Waals surface area contributed by atoms with E-state index in [0.29, 0.717) is 26.2 Å². The molecule has 0 aromatic carbocycles. The quantitative estimate of drug-likeness (QED) is 0.817. The molecular formula is C16H30N2O3. The monoisotopic (exact) mass is 298 g/mol. The summed E-state index contributed by atoms with van der Waals surface area (Å²) >= 11 is 0. The van der Waals surface area contributed by atoms with E-state index in [1.54, 1.807) is 6.92 Å². The first-order valence-corrected chi connectivity index (χ1v) is 8.47. The van der Waals surface area contributed by atoms with Crippen molar-refractivity contribution >= 4 is 6.03 Å². The van der Waals surface area contributed by atoms with E-state index in [4.69, 9.17) is 4.74 Å². The second-order valence-electron chi connectivity index (χ2n) is 6.53. The van der Waals surface area contributed by atoms with Gasteiger partial charge in [0.25, 0.3) is 0 Å². The molecule has 21 heavy (non-hydrogen) atoms. The molecule has 0 radical (unpaired) electrons. The normalized spacial score (nSPS) is 25.6. The Morgan fingerprint density at radius 1 is 1.38 bits per heavy atom. The van der Waals surface area contributed by atoms with Crippen LogP contribution in [-0.2, 0) is 4.74 Å². The predicted octanol–water partition coefficient (Wildman–Crippen LogP) is 2.14. The first kappa shape index (κ1) is 16.6. The predicted molar refractivity (Wildman–Crippen MR) is 82.2 cm³/mol. The summed E-state index contributed by atoms with van der Waals surface area (Å²) in [7, 11) is 0. The third-order valence-electron chi connectivity index (χ3n) is 4.66. The van der Waals surface area contributed by atoms with Crippen LogP contribution in [0.5, 0.6) is 0 Å². The van der Waals surface area contributed by atoms with Gasteiger partial charge in [-0.1, -0.05) is 32.1 Å². The Kier molecular flexibility index (Phi) is 6.77. The fraction of sp³-hybridized carbons (Fsp3) is 0.938. The zero-order chi connectivity index (χ0) is 15.1. The number of hydrogen-bond donors (Lipinski definition) is 2. The minimum atomic E-state index is -0.408. The largest absolute Gasteiger partial charge is 0.393 e. The molecule has 5 heteroatoms. The number of aliphatic hydroxyl groups excluding tert-OH is 1. The van der Waals surface area contributed by atoms with Gasteiger partial charge in [-0.15, -0.1) is 0 Å². The zero-order valence-corrected chi connectivity index (χ0v) is 13.2. The minimum Gasteiger partial charge on any atom is -0.393 e. The van der Waals surface area contributed by atoms with Gasteiger partial charge in [-0.3, -0.25) is 0 Å². The number of urea groups is 1. The van der Waals surface area contributed by atoms with Crippen LogP contribution in [0.15, 0.2) is 0 Å². The SMILES string of the molecule is CC(O)CC1COCCN1C(=O)NCCC1CCCCC1. The molecule has 122 valence electrons. The maximum atomic E-state index is 12.3. The molecule has 2 fully saturated rings. The molecule has 0 aromatic heterocycles. The van der Waals surface area contributed by atoms with Crippen molar-refractivity contribution in [1.82, 2.24) is 10.2 Å². The number of carbonyl (C=O) groups excluding carboxylic acids is 1. The van der Waals surface area contributed by atoms with Crippen LogP contribution >= 0.6 is 0 Å². The molecular weight excluding hydrogens is 268 g/mol. The lowest BCUT2D eigenvalue weighted by Crippen LogP contribution is -2.53. The lowest BCUT2D eigenvalue weighted by atomic mass is 9.87. The van der Waals surface area contributed by atoms with Gasteiger partial charge >= 0.3 is 6.03 Å². The number of hydrogen-bond acceptors (Lipinski definition) is 3. The van der Waals surface area contributed by atoms with Crippen molar-refractivity contribution in [3.63, 3.8) is 0 Å². The molecule has 1 aliphatic heterocycles. The Labute approximate surface area is 128 Å². The standard InChI is InChI=1S/C16H30N2O3/c1-13(19)11-15-12-21-10-9-18(15)16(20)17-8-7-14-5-3-2-4-6-14/h13-15,19H,2-12H2,1H3,(H,17,20). The summed E-state index contributed by atoms with van der Waals surface area (Å²) in [4.78, 5) is 14.1. The van der Waals surface area contributed by atoms with E-state index >= 15 is 0 Å². The van der Waals surface area contributed by atoms with Gasteiger partial charge in [0.05, 0.1) is 25.4 Å². The van der Waals surface area contributed by atoms with Gasteiger partial charge in [-0.25, -0.2) is 4.79 Å². The van der Waals surface area contributed by atoms with Crippen molar-refractivity contribution in [3.05, 3.63) is 0 Å². The van der Waals surface area contributed by atoms with Crippen LogP contribution in [0.1, 0.15) is 51.9 Å². The van der Waals surface area contributed by atoms with Crippen molar-refractivity contribution in [2.45, 2.75) is 64.0 Å². The number of carbonyl (C=O) groups is 1. The Hall–Kier alpha value is -0.810.